The Labute approximate surface area is 122 Å². The zero-order chi connectivity index (χ0) is 15.0. The van der Waals surface area contributed by atoms with Gasteiger partial charge in [-0.3, -0.25) is 9.59 Å². The van der Waals surface area contributed by atoms with E-state index in [0.717, 1.165) is 0 Å². The number of esters is 1. The minimum absolute atomic E-state index is 0.0610. The fraction of sp³-hybridized carbons (Fsp3) is 0.357. The summed E-state index contributed by atoms with van der Waals surface area (Å²) >= 11 is 5.40. The van der Waals surface area contributed by atoms with E-state index >= 15 is 0 Å². The number of amides is 1. The Morgan fingerprint density at radius 3 is 2.45 bits per heavy atom. The Bertz CT molecular complexity index is 473. The maximum atomic E-state index is 11.5. The highest BCUT2D eigenvalue weighted by molar-refractivity contribution is 6.27. The normalized spacial score (nSPS) is 9.90. The van der Waals surface area contributed by atoms with Gasteiger partial charge in [-0.25, -0.2) is 4.79 Å². The largest absolute Gasteiger partial charge is 0.462 e. The summed E-state index contributed by atoms with van der Waals surface area (Å²) in [6, 6.07) is 6.41. The Balaban J connectivity index is 2.72. The van der Waals surface area contributed by atoms with Gasteiger partial charge in [-0.1, -0.05) is 0 Å². The molecule has 6 heteroatoms. The highest BCUT2D eigenvalue weighted by atomic mass is 35.5. The fourth-order valence-electron chi connectivity index (χ4n) is 1.56. The van der Waals surface area contributed by atoms with E-state index in [1.807, 2.05) is 0 Å². The molecule has 0 unspecified atom stereocenters. The Morgan fingerprint density at radius 2 is 1.95 bits per heavy atom. The van der Waals surface area contributed by atoms with Crippen LogP contribution in [-0.4, -0.2) is 37.2 Å². The number of hydrogen-bond acceptors (Lipinski definition) is 4. The van der Waals surface area contributed by atoms with Crippen LogP contribution in [0.5, 0.6) is 0 Å². The third kappa shape index (κ3) is 4.66. The van der Waals surface area contributed by atoms with E-state index in [9.17, 15) is 14.4 Å². The van der Waals surface area contributed by atoms with Crippen molar-refractivity contribution < 1.29 is 19.1 Å². The molecule has 0 aliphatic rings. The SMILES string of the molecule is CCOC(=O)c1ccc(N(C=O)CCC(=O)CCl)cc1. The van der Waals surface area contributed by atoms with Crippen LogP contribution >= 0.6 is 11.6 Å². The van der Waals surface area contributed by atoms with Gasteiger partial charge in [0.1, 0.15) is 5.78 Å². The maximum Gasteiger partial charge on any atom is 0.338 e. The summed E-state index contributed by atoms with van der Waals surface area (Å²) in [6.45, 7) is 2.30. The number of halogens is 1. The number of benzene rings is 1. The predicted octanol–water partition coefficient (Wildman–Crippen LogP) is 2.02. The number of Topliss-reactive ketones (excluding diaryl/α,β-unsaturated/α-hetero) is 1. The molecular weight excluding hydrogens is 282 g/mol. The van der Waals surface area contributed by atoms with Gasteiger partial charge < -0.3 is 9.64 Å². The van der Waals surface area contributed by atoms with Crippen LogP contribution in [0.15, 0.2) is 24.3 Å². The second-order valence-electron chi connectivity index (χ2n) is 3.99. The maximum absolute atomic E-state index is 11.5. The average molecular weight is 298 g/mol. The number of ketones is 1. The van der Waals surface area contributed by atoms with Gasteiger partial charge in [0, 0.05) is 18.7 Å². The summed E-state index contributed by atoms with van der Waals surface area (Å²) in [4.78, 5) is 35.0. The smallest absolute Gasteiger partial charge is 0.338 e. The summed E-state index contributed by atoms with van der Waals surface area (Å²) in [7, 11) is 0. The molecule has 0 radical (unpaired) electrons. The molecule has 0 N–H and O–H groups in total. The lowest BCUT2D eigenvalue weighted by Gasteiger charge is -2.17. The number of carbonyl (C=O) groups excluding carboxylic acids is 3. The second kappa shape index (κ2) is 8.32. The molecule has 108 valence electrons. The van der Waals surface area contributed by atoms with Gasteiger partial charge in [-0.05, 0) is 31.2 Å². The molecule has 1 rings (SSSR count). The number of hydrogen-bond donors (Lipinski definition) is 0. The monoisotopic (exact) mass is 297 g/mol. The van der Waals surface area contributed by atoms with Crippen LogP contribution in [0.2, 0.25) is 0 Å². The lowest BCUT2D eigenvalue weighted by atomic mass is 10.2. The van der Waals surface area contributed by atoms with E-state index < -0.39 is 5.97 Å². The van der Waals surface area contributed by atoms with Gasteiger partial charge in [0.25, 0.3) is 0 Å². The molecule has 0 aromatic heterocycles. The average Bonchev–Trinajstić information content (AvgIpc) is 2.48. The van der Waals surface area contributed by atoms with Crippen molar-refractivity contribution in [3.63, 3.8) is 0 Å². The first-order valence-electron chi connectivity index (χ1n) is 6.19. The molecule has 0 aliphatic heterocycles. The summed E-state index contributed by atoms with van der Waals surface area (Å²) < 4.78 is 4.87. The van der Waals surface area contributed by atoms with Crippen LogP contribution in [0.25, 0.3) is 0 Å². The van der Waals surface area contributed by atoms with Crippen LogP contribution in [0.4, 0.5) is 5.69 Å². The highest BCUT2D eigenvalue weighted by Crippen LogP contribution is 2.15. The summed E-state index contributed by atoms with van der Waals surface area (Å²) in [5.74, 6) is -0.593. The summed E-state index contributed by atoms with van der Waals surface area (Å²) in [6.07, 6.45) is 0.836. The van der Waals surface area contributed by atoms with Gasteiger partial charge in [0.15, 0.2) is 0 Å². The molecular formula is C14H16ClNO4. The van der Waals surface area contributed by atoms with E-state index in [-0.39, 0.29) is 24.6 Å². The zero-order valence-corrected chi connectivity index (χ0v) is 11.9. The van der Waals surface area contributed by atoms with Crippen molar-refractivity contribution in [3.05, 3.63) is 29.8 Å². The molecule has 5 nitrogen and oxygen atoms in total. The first kappa shape index (κ1) is 16.2. The lowest BCUT2D eigenvalue weighted by molar-refractivity contribution is -0.116. The van der Waals surface area contributed by atoms with Gasteiger partial charge in [0.05, 0.1) is 18.1 Å². The Morgan fingerprint density at radius 1 is 1.30 bits per heavy atom. The van der Waals surface area contributed by atoms with Crippen LogP contribution in [0.3, 0.4) is 0 Å². The second-order valence-corrected chi connectivity index (χ2v) is 4.26. The fourth-order valence-corrected chi connectivity index (χ4v) is 1.69. The number of alkyl halides is 1. The molecule has 0 atom stereocenters. The molecule has 0 fully saturated rings. The third-order valence-electron chi connectivity index (χ3n) is 2.62. The van der Waals surface area contributed by atoms with Gasteiger partial charge >= 0.3 is 5.97 Å². The lowest BCUT2D eigenvalue weighted by Crippen LogP contribution is -2.24. The van der Waals surface area contributed by atoms with E-state index in [0.29, 0.717) is 24.3 Å². The van der Waals surface area contributed by atoms with Crippen molar-refractivity contribution in [2.45, 2.75) is 13.3 Å². The number of rotatable bonds is 8. The molecule has 1 amide bonds. The summed E-state index contributed by atoms with van der Waals surface area (Å²) in [5.41, 5.74) is 1.02. The van der Waals surface area contributed by atoms with E-state index in [2.05, 4.69) is 0 Å². The van der Waals surface area contributed by atoms with Crippen molar-refractivity contribution in [3.8, 4) is 0 Å². The minimum Gasteiger partial charge on any atom is -0.462 e. The molecule has 1 aromatic rings. The molecule has 0 saturated carbocycles. The predicted molar refractivity (Wildman–Crippen MR) is 76.2 cm³/mol. The van der Waals surface area contributed by atoms with E-state index in [4.69, 9.17) is 16.3 Å². The van der Waals surface area contributed by atoms with Crippen LogP contribution < -0.4 is 4.90 Å². The minimum atomic E-state index is -0.408. The topological polar surface area (TPSA) is 63.7 Å². The molecule has 0 aliphatic carbocycles. The van der Waals surface area contributed by atoms with Crippen molar-refractivity contribution in [2.75, 3.05) is 23.9 Å². The number of anilines is 1. The first-order chi connectivity index (χ1) is 9.62. The van der Waals surface area contributed by atoms with Gasteiger partial charge in [-0.15, -0.1) is 11.6 Å². The molecule has 1 aromatic carbocycles. The van der Waals surface area contributed by atoms with E-state index in [1.165, 1.54) is 4.90 Å². The van der Waals surface area contributed by atoms with Gasteiger partial charge in [0.2, 0.25) is 6.41 Å². The van der Waals surface area contributed by atoms with Crippen LogP contribution in [-0.2, 0) is 14.3 Å². The first-order valence-corrected chi connectivity index (χ1v) is 6.72. The molecule has 0 bridgehead atoms. The molecule has 0 spiro atoms. The highest BCUT2D eigenvalue weighted by Gasteiger charge is 2.10. The van der Waals surface area contributed by atoms with Crippen molar-refractivity contribution in [1.82, 2.24) is 0 Å². The van der Waals surface area contributed by atoms with E-state index in [1.54, 1.807) is 31.2 Å². The van der Waals surface area contributed by atoms with Crippen LogP contribution in [0.1, 0.15) is 23.7 Å². The molecule has 20 heavy (non-hydrogen) atoms. The summed E-state index contributed by atoms with van der Waals surface area (Å²) in [5, 5.41) is 0. The standard InChI is InChI=1S/C14H16ClNO4/c1-2-20-14(19)11-3-5-12(6-4-11)16(10-17)8-7-13(18)9-15/h3-6,10H,2,7-9H2,1H3. The Kier molecular flexibility index (Phi) is 6.73. The third-order valence-corrected chi connectivity index (χ3v) is 2.92. The quantitative estimate of drug-likeness (QED) is 0.418. The molecule has 0 heterocycles. The van der Waals surface area contributed by atoms with Gasteiger partial charge in [-0.2, -0.15) is 0 Å². The molecule has 0 saturated heterocycles. The number of nitrogens with zero attached hydrogens (tertiary/aromatic N) is 1. The number of carbonyl (C=O) groups is 3. The number of ether oxygens (including phenoxy) is 1. The van der Waals surface area contributed by atoms with Crippen molar-refractivity contribution >= 4 is 35.5 Å². The van der Waals surface area contributed by atoms with Crippen molar-refractivity contribution in [2.24, 2.45) is 0 Å². The Hall–Kier alpha value is -1.88. The zero-order valence-electron chi connectivity index (χ0n) is 11.2. The van der Waals surface area contributed by atoms with Crippen molar-refractivity contribution in [1.29, 1.82) is 0 Å². The van der Waals surface area contributed by atoms with Crippen LogP contribution in [0, 0.1) is 0 Å².